The average Bonchev–Trinajstić information content (AvgIpc) is 2.48. The molecule has 0 bridgehead atoms. The van der Waals surface area contributed by atoms with E-state index in [1.165, 1.54) is 7.11 Å². The molecule has 0 radical (unpaired) electrons. The number of carbonyl (C=O) groups excluding carboxylic acids is 1. The Bertz CT molecular complexity index is 474. The van der Waals surface area contributed by atoms with Gasteiger partial charge in [-0.3, -0.25) is 4.79 Å². The predicted molar refractivity (Wildman–Crippen MR) is 75.2 cm³/mol. The van der Waals surface area contributed by atoms with Crippen molar-refractivity contribution in [1.82, 2.24) is 10.6 Å². The minimum atomic E-state index is 0.345. The third-order valence-electron chi connectivity index (χ3n) is 3.28. The Balaban J connectivity index is 2.08. The van der Waals surface area contributed by atoms with E-state index in [2.05, 4.69) is 10.6 Å². The van der Waals surface area contributed by atoms with Gasteiger partial charge in [-0.2, -0.15) is 0 Å². The van der Waals surface area contributed by atoms with Gasteiger partial charge >= 0.3 is 0 Å². The van der Waals surface area contributed by atoms with Crippen LogP contribution in [0.3, 0.4) is 0 Å². The van der Waals surface area contributed by atoms with Crippen molar-refractivity contribution < 1.29 is 14.3 Å². The van der Waals surface area contributed by atoms with E-state index in [4.69, 9.17) is 14.9 Å². The van der Waals surface area contributed by atoms with E-state index < -0.39 is 0 Å². The van der Waals surface area contributed by atoms with Crippen LogP contribution in [-0.4, -0.2) is 38.5 Å². The Morgan fingerprint density at radius 2 is 2.15 bits per heavy atom. The van der Waals surface area contributed by atoms with Crippen molar-refractivity contribution in [3.8, 4) is 0 Å². The van der Waals surface area contributed by atoms with E-state index >= 15 is 0 Å². The lowest BCUT2D eigenvalue weighted by Crippen LogP contribution is -2.32. The lowest BCUT2D eigenvalue weighted by Gasteiger charge is -2.23. The number of hydrogen-bond donors (Lipinski definition) is 3. The molecule has 108 valence electrons. The molecule has 1 aliphatic heterocycles. The van der Waals surface area contributed by atoms with Gasteiger partial charge in [0, 0.05) is 37.1 Å². The Morgan fingerprint density at radius 1 is 1.40 bits per heavy atom. The van der Waals surface area contributed by atoms with E-state index in [1.807, 2.05) is 6.20 Å². The van der Waals surface area contributed by atoms with Crippen molar-refractivity contribution in [1.29, 1.82) is 5.41 Å². The summed E-state index contributed by atoms with van der Waals surface area (Å²) in [5.74, 6) is 0.477. The number of allylic oxidation sites excluding steroid dienone is 3. The molecule has 2 rings (SSSR count). The monoisotopic (exact) mass is 277 g/mol. The molecule has 0 aromatic carbocycles. The van der Waals surface area contributed by atoms with Crippen LogP contribution in [0.2, 0.25) is 0 Å². The van der Waals surface area contributed by atoms with Gasteiger partial charge in [-0.05, 0) is 18.9 Å². The van der Waals surface area contributed by atoms with E-state index in [0.717, 1.165) is 26.1 Å². The fraction of sp³-hybridized carbons (Fsp3) is 0.429. The molecule has 1 amide bonds. The van der Waals surface area contributed by atoms with Crippen molar-refractivity contribution in [3.05, 3.63) is 35.4 Å². The second kappa shape index (κ2) is 6.91. The molecular weight excluding hydrogens is 258 g/mol. The van der Waals surface area contributed by atoms with Crippen molar-refractivity contribution in [2.45, 2.75) is 18.9 Å². The first-order valence-electron chi connectivity index (χ1n) is 6.55. The first kappa shape index (κ1) is 14.3. The molecule has 0 saturated carbocycles. The number of methoxy groups -OCH3 is 1. The van der Waals surface area contributed by atoms with Crippen molar-refractivity contribution in [3.63, 3.8) is 0 Å². The highest BCUT2D eigenvalue weighted by Gasteiger charge is 2.17. The van der Waals surface area contributed by atoms with E-state index in [-0.39, 0.29) is 0 Å². The van der Waals surface area contributed by atoms with Gasteiger partial charge in [0.05, 0.1) is 18.5 Å². The van der Waals surface area contributed by atoms with Crippen LogP contribution in [-0.2, 0) is 14.3 Å². The van der Waals surface area contributed by atoms with Gasteiger partial charge in [0.1, 0.15) is 5.76 Å². The normalized spacial score (nSPS) is 22.1. The molecule has 0 unspecified atom stereocenters. The summed E-state index contributed by atoms with van der Waals surface area (Å²) in [5.41, 5.74) is 1.61. The highest BCUT2D eigenvalue weighted by molar-refractivity contribution is 6.10. The number of nitrogens with one attached hydrogen (secondary N) is 3. The molecule has 2 aliphatic rings. The first-order chi connectivity index (χ1) is 9.74. The molecule has 0 aromatic rings. The zero-order valence-corrected chi connectivity index (χ0v) is 11.4. The Kier molecular flexibility index (Phi) is 4.95. The average molecular weight is 277 g/mol. The van der Waals surface area contributed by atoms with Gasteiger partial charge in [-0.15, -0.1) is 0 Å². The van der Waals surface area contributed by atoms with Gasteiger partial charge in [0.2, 0.25) is 6.41 Å². The summed E-state index contributed by atoms with van der Waals surface area (Å²) in [6.07, 6.45) is 7.63. The molecule has 20 heavy (non-hydrogen) atoms. The predicted octanol–water partition coefficient (Wildman–Crippen LogP) is 0.832. The fourth-order valence-corrected chi connectivity index (χ4v) is 2.13. The number of amides is 1. The molecule has 1 heterocycles. The molecule has 1 fully saturated rings. The van der Waals surface area contributed by atoms with Crippen molar-refractivity contribution in [2.75, 3.05) is 20.3 Å². The lowest BCUT2D eigenvalue weighted by atomic mass is 10.0. The van der Waals surface area contributed by atoms with Crippen LogP contribution in [0.5, 0.6) is 0 Å². The van der Waals surface area contributed by atoms with Crippen LogP contribution in [0.1, 0.15) is 12.8 Å². The van der Waals surface area contributed by atoms with E-state index in [0.29, 0.717) is 35.2 Å². The van der Waals surface area contributed by atoms with E-state index in [1.54, 1.807) is 12.2 Å². The molecule has 3 N–H and O–H groups in total. The van der Waals surface area contributed by atoms with Crippen LogP contribution in [0.15, 0.2) is 35.4 Å². The molecule has 0 spiro atoms. The first-order valence-corrected chi connectivity index (χ1v) is 6.55. The summed E-state index contributed by atoms with van der Waals surface area (Å²) >= 11 is 0. The molecule has 6 heteroatoms. The fourth-order valence-electron chi connectivity index (χ4n) is 2.13. The number of rotatable bonds is 5. The summed E-state index contributed by atoms with van der Waals surface area (Å²) < 4.78 is 10.4. The van der Waals surface area contributed by atoms with Crippen LogP contribution < -0.4 is 10.6 Å². The topological polar surface area (TPSA) is 83.4 Å². The maximum absolute atomic E-state index is 10.6. The maximum atomic E-state index is 10.6. The molecule has 0 atom stereocenters. The van der Waals surface area contributed by atoms with Gasteiger partial charge < -0.3 is 25.5 Å². The summed E-state index contributed by atoms with van der Waals surface area (Å²) in [5, 5.41) is 13.8. The maximum Gasteiger partial charge on any atom is 0.211 e. The third-order valence-corrected chi connectivity index (χ3v) is 3.28. The highest BCUT2D eigenvalue weighted by Crippen LogP contribution is 2.18. The van der Waals surface area contributed by atoms with Crippen LogP contribution in [0.25, 0.3) is 0 Å². The zero-order valence-electron chi connectivity index (χ0n) is 11.4. The Hall–Kier alpha value is -2.08. The highest BCUT2D eigenvalue weighted by atomic mass is 16.5. The van der Waals surface area contributed by atoms with Gasteiger partial charge in [0.15, 0.2) is 0 Å². The van der Waals surface area contributed by atoms with Crippen LogP contribution >= 0.6 is 0 Å². The van der Waals surface area contributed by atoms with Gasteiger partial charge in [0.25, 0.3) is 0 Å². The molecule has 1 saturated heterocycles. The second-order valence-electron chi connectivity index (χ2n) is 4.60. The van der Waals surface area contributed by atoms with Crippen LogP contribution in [0.4, 0.5) is 0 Å². The minimum Gasteiger partial charge on any atom is -0.494 e. The molecule has 1 aliphatic carbocycles. The minimum absolute atomic E-state index is 0.345. The standard InChI is InChI=1S/C14H19N3O3/c1-19-14-7-12(15)10(6-13(14)17-9-18)8-16-11-2-4-20-5-3-11/h6-9,11,15-16H,2-5H2,1H3,(H,17,18)/b10-8-,15-12?. The quantitative estimate of drug-likeness (QED) is 0.650. The van der Waals surface area contributed by atoms with Crippen LogP contribution in [0, 0.1) is 5.41 Å². The van der Waals surface area contributed by atoms with Gasteiger partial charge in [-0.25, -0.2) is 0 Å². The van der Waals surface area contributed by atoms with Crippen molar-refractivity contribution >= 4 is 12.1 Å². The lowest BCUT2D eigenvalue weighted by molar-refractivity contribution is -0.109. The SMILES string of the molecule is COC1=CC(=N)/C(=C\NC2CCOCC2)C=C1NC=O. The summed E-state index contributed by atoms with van der Waals surface area (Å²) in [4.78, 5) is 10.6. The number of carbonyl (C=O) groups is 1. The zero-order chi connectivity index (χ0) is 14.4. The summed E-state index contributed by atoms with van der Waals surface area (Å²) in [6, 6.07) is 0.368. The number of hydrogen-bond acceptors (Lipinski definition) is 5. The molecular formula is C14H19N3O3. The van der Waals surface area contributed by atoms with E-state index in [9.17, 15) is 4.79 Å². The smallest absolute Gasteiger partial charge is 0.211 e. The third kappa shape index (κ3) is 3.48. The number of ether oxygens (including phenoxy) is 2. The van der Waals surface area contributed by atoms with Gasteiger partial charge in [-0.1, -0.05) is 0 Å². The largest absolute Gasteiger partial charge is 0.494 e. The molecule has 0 aromatic heterocycles. The summed E-state index contributed by atoms with van der Waals surface area (Å²) in [7, 11) is 1.51. The Morgan fingerprint density at radius 3 is 2.80 bits per heavy atom. The van der Waals surface area contributed by atoms with Crippen molar-refractivity contribution in [2.24, 2.45) is 0 Å². The second-order valence-corrected chi connectivity index (χ2v) is 4.60. The summed E-state index contributed by atoms with van der Waals surface area (Å²) in [6.45, 7) is 1.53. The molecule has 6 nitrogen and oxygen atoms in total. The Labute approximate surface area is 118 Å².